The lowest BCUT2D eigenvalue weighted by Crippen LogP contribution is -2.23. The van der Waals surface area contributed by atoms with E-state index in [1.165, 1.54) is 45.7 Å². The molecule has 2 rings (SSSR count). The van der Waals surface area contributed by atoms with E-state index in [4.69, 9.17) is 9.47 Å². The summed E-state index contributed by atoms with van der Waals surface area (Å²) in [5.74, 6) is -0.882. The van der Waals surface area contributed by atoms with Crippen LogP contribution in [0.25, 0.3) is 0 Å². The highest BCUT2D eigenvalue weighted by Gasteiger charge is 2.27. The van der Waals surface area contributed by atoms with Crippen LogP contribution in [0.5, 0.6) is 0 Å². The molecular weight excluding hydrogens is 516 g/mol. The van der Waals surface area contributed by atoms with E-state index in [1.54, 1.807) is 13.0 Å². The van der Waals surface area contributed by atoms with E-state index < -0.39 is 18.1 Å². The SMILES string of the molecule is C=C/C(CN=C(/C=C(\C)OCc1ccc(/C(=N/F)N(C)/C=C/C(F)F)c(F)c1)C(C)=O)=C(\N=COC)C1CC1. The number of Topliss-reactive ketones (excluding diaryl/α,β-unsaturated/α-hetero) is 1. The summed E-state index contributed by atoms with van der Waals surface area (Å²) in [5, 5.41) is 2.52. The van der Waals surface area contributed by atoms with Crippen LogP contribution >= 0.6 is 0 Å². The summed E-state index contributed by atoms with van der Waals surface area (Å²) >= 11 is 0. The van der Waals surface area contributed by atoms with Crippen LogP contribution in [0.3, 0.4) is 0 Å². The number of aliphatic imine (C=N–C) groups is 2. The van der Waals surface area contributed by atoms with E-state index >= 15 is 0 Å². The van der Waals surface area contributed by atoms with Crippen LogP contribution in [-0.2, 0) is 20.9 Å². The van der Waals surface area contributed by atoms with Crippen molar-refractivity contribution in [3.63, 3.8) is 0 Å². The molecule has 0 unspecified atom stereocenters. The number of ketones is 1. The summed E-state index contributed by atoms with van der Waals surface area (Å²) in [5.41, 5.74) is 2.00. The van der Waals surface area contributed by atoms with Crippen LogP contribution in [0.2, 0.25) is 0 Å². The number of hydrogen-bond donors (Lipinski definition) is 0. The first-order valence-electron chi connectivity index (χ1n) is 12.1. The number of methoxy groups -OCH3 is 1. The Balaban J connectivity index is 2.14. The van der Waals surface area contributed by atoms with Crippen molar-refractivity contribution in [2.24, 2.45) is 21.1 Å². The Hall–Kier alpha value is -4.02. The van der Waals surface area contributed by atoms with E-state index in [0.717, 1.165) is 41.3 Å². The third-order valence-corrected chi connectivity index (χ3v) is 5.57. The van der Waals surface area contributed by atoms with Crippen molar-refractivity contribution in [3.8, 4) is 0 Å². The number of amidine groups is 1. The average Bonchev–Trinajstić information content (AvgIpc) is 3.74. The number of rotatable bonds is 14. The van der Waals surface area contributed by atoms with E-state index in [-0.39, 0.29) is 30.2 Å². The molecule has 0 N–H and O–H groups in total. The second-order valence-electron chi connectivity index (χ2n) is 8.67. The topological polar surface area (TPSA) is 75.9 Å². The Morgan fingerprint density at radius 2 is 2.00 bits per heavy atom. The van der Waals surface area contributed by atoms with Gasteiger partial charge in [0, 0.05) is 32.2 Å². The average molecular weight is 549 g/mol. The highest BCUT2D eigenvalue weighted by atomic mass is 19.3. The van der Waals surface area contributed by atoms with E-state index in [0.29, 0.717) is 23.3 Å². The highest BCUT2D eigenvalue weighted by molar-refractivity contribution is 6.43. The normalized spacial score (nSPS) is 15.7. The van der Waals surface area contributed by atoms with Gasteiger partial charge in [0.1, 0.15) is 18.1 Å². The molecule has 1 fully saturated rings. The number of carbonyl (C=O) groups is 1. The Kier molecular flexibility index (Phi) is 12.3. The Labute approximate surface area is 225 Å². The first-order chi connectivity index (χ1) is 18.6. The number of carbonyl (C=O) groups excluding carboxylic acids is 1. The molecule has 1 aromatic carbocycles. The molecule has 0 aliphatic heterocycles. The zero-order valence-corrected chi connectivity index (χ0v) is 22.3. The zero-order chi connectivity index (χ0) is 28.9. The number of alkyl halides is 2. The molecule has 0 bridgehead atoms. The van der Waals surface area contributed by atoms with Crippen LogP contribution in [-0.4, -0.2) is 55.8 Å². The van der Waals surface area contributed by atoms with Gasteiger partial charge in [0.25, 0.3) is 6.43 Å². The molecule has 0 saturated heterocycles. The molecule has 1 aromatic rings. The lowest BCUT2D eigenvalue weighted by atomic mass is 10.1. The monoisotopic (exact) mass is 548 g/mol. The summed E-state index contributed by atoms with van der Waals surface area (Å²) in [4.78, 5) is 21.9. The molecular formula is C28H32F4N4O3. The predicted molar refractivity (Wildman–Crippen MR) is 144 cm³/mol. The number of hydrogen-bond acceptors (Lipinski definition) is 6. The van der Waals surface area contributed by atoms with E-state index in [1.807, 2.05) is 0 Å². The summed E-state index contributed by atoms with van der Waals surface area (Å²) in [7, 11) is 2.78. The smallest absolute Gasteiger partial charge is 0.258 e. The summed E-state index contributed by atoms with van der Waals surface area (Å²) in [6.45, 7) is 7.00. The standard InChI is InChI=1S/C28H32F4N4O3/c1-6-21(27(22-8-9-22)34-17-38-5)15-33-25(19(3)37)13-18(2)39-16-20-7-10-23(24(29)14-20)28(35-32)36(4)12-11-26(30)31/h6-7,10-14,17,22,26H,1,8-9,15-16H2,2-5H3/b12-11+,18-13+,27-21+,33-25?,34-17?,35-28-. The van der Waals surface area contributed by atoms with Gasteiger partial charge >= 0.3 is 0 Å². The molecule has 39 heavy (non-hydrogen) atoms. The molecule has 0 radical (unpaired) electrons. The van der Waals surface area contributed by atoms with Crippen molar-refractivity contribution in [1.29, 1.82) is 0 Å². The maximum absolute atomic E-state index is 14.7. The van der Waals surface area contributed by atoms with Gasteiger partial charge in [-0.1, -0.05) is 28.4 Å². The maximum atomic E-state index is 14.7. The molecule has 7 nitrogen and oxygen atoms in total. The van der Waals surface area contributed by atoms with Gasteiger partial charge < -0.3 is 14.4 Å². The minimum atomic E-state index is -2.75. The maximum Gasteiger partial charge on any atom is 0.258 e. The van der Waals surface area contributed by atoms with Gasteiger partial charge in [0.05, 0.1) is 30.7 Å². The third-order valence-electron chi connectivity index (χ3n) is 5.57. The van der Waals surface area contributed by atoms with Crippen molar-refractivity contribution in [1.82, 2.24) is 4.90 Å². The van der Waals surface area contributed by atoms with Crippen LogP contribution in [0, 0.1) is 11.7 Å². The molecule has 1 saturated carbocycles. The molecule has 0 heterocycles. The second-order valence-corrected chi connectivity index (χ2v) is 8.67. The summed E-state index contributed by atoms with van der Waals surface area (Å²) in [6.07, 6.45) is 5.20. The second kappa shape index (κ2) is 15.4. The lowest BCUT2D eigenvalue weighted by molar-refractivity contribution is -0.111. The summed E-state index contributed by atoms with van der Waals surface area (Å²) < 4.78 is 63.2. The molecule has 210 valence electrons. The van der Waals surface area contributed by atoms with Gasteiger partial charge in [0.15, 0.2) is 18.0 Å². The fraction of sp³-hybridized carbons (Fsp3) is 0.357. The first kappa shape index (κ1) is 31.2. The van der Waals surface area contributed by atoms with Gasteiger partial charge in [0.2, 0.25) is 0 Å². The predicted octanol–water partition coefficient (Wildman–Crippen LogP) is 6.14. The molecule has 11 heteroatoms. The molecule has 1 aliphatic rings. The number of allylic oxidation sites excluding steroid dienone is 4. The lowest BCUT2D eigenvalue weighted by Gasteiger charge is -2.16. The minimum Gasteiger partial charge on any atom is -0.493 e. The van der Waals surface area contributed by atoms with Crippen LogP contribution < -0.4 is 0 Å². The quantitative estimate of drug-likeness (QED) is 0.0920. The number of ether oxygens (including phenoxy) is 2. The largest absolute Gasteiger partial charge is 0.493 e. The molecule has 0 atom stereocenters. The first-order valence-corrected chi connectivity index (χ1v) is 12.1. The van der Waals surface area contributed by atoms with Gasteiger partial charge in [-0.3, -0.25) is 9.79 Å². The summed E-state index contributed by atoms with van der Waals surface area (Å²) in [6, 6.07) is 3.88. The third kappa shape index (κ3) is 9.99. The number of benzene rings is 1. The minimum absolute atomic E-state index is 0.0523. The molecule has 0 amide bonds. The van der Waals surface area contributed by atoms with Crippen LogP contribution in [0.4, 0.5) is 17.7 Å². The molecule has 0 aromatic heterocycles. The van der Waals surface area contributed by atoms with Crippen molar-refractivity contribution in [2.75, 3.05) is 20.7 Å². The number of nitrogens with zero attached hydrogens (tertiary/aromatic N) is 4. The van der Waals surface area contributed by atoms with Gasteiger partial charge in [-0.2, -0.15) is 0 Å². The van der Waals surface area contributed by atoms with E-state index in [2.05, 4.69) is 21.8 Å². The van der Waals surface area contributed by atoms with E-state index in [9.17, 15) is 22.4 Å². The van der Waals surface area contributed by atoms with Crippen molar-refractivity contribution >= 4 is 23.7 Å². The fourth-order valence-corrected chi connectivity index (χ4v) is 3.42. The highest BCUT2D eigenvalue weighted by Crippen LogP contribution is 2.39. The number of halogens is 4. The van der Waals surface area contributed by atoms with Crippen molar-refractivity contribution < 1.29 is 31.9 Å². The van der Waals surface area contributed by atoms with Gasteiger partial charge in [-0.15, -0.1) is 0 Å². The van der Waals surface area contributed by atoms with Gasteiger partial charge in [-0.25, -0.2) is 18.2 Å². The van der Waals surface area contributed by atoms with Crippen LogP contribution in [0.1, 0.15) is 37.8 Å². The van der Waals surface area contributed by atoms with Crippen LogP contribution in [0.15, 0.2) is 81.4 Å². The van der Waals surface area contributed by atoms with Crippen molar-refractivity contribution in [3.05, 3.63) is 83.2 Å². The van der Waals surface area contributed by atoms with Crippen molar-refractivity contribution in [2.45, 2.75) is 39.7 Å². The Morgan fingerprint density at radius 1 is 1.28 bits per heavy atom. The molecule has 1 aliphatic carbocycles. The Morgan fingerprint density at radius 3 is 2.54 bits per heavy atom. The fourth-order valence-electron chi connectivity index (χ4n) is 3.42. The Bertz CT molecular complexity index is 1220. The van der Waals surface area contributed by atoms with Gasteiger partial charge in [-0.05, 0) is 49.1 Å². The molecule has 0 spiro atoms. The zero-order valence-electron chi connectivity index (χ0n) is 22.3.